The molecule has 1 aromatic rings. The van der Waals surface area contributed by atoms with E-state index in [4.69, 9.17) is 0 Å². The fraction of sp³-hybridized carbons (Fsp3) is 0.667. The van der Waals surface area contributed by atoms with Crippen LogP contribution in [0.15, 0.2) is 10.7 Å². The lowest BCUT2D eigenvalue weighted by Crippen LogP contribution is -1.96. The van der Waals surface area contributed by atoms with Crippen molar-refractivity contribution < 1.29 is 0 Å². The normalized spacial score (nSPS) is 18.8. The molecule has 0 saturated heterocycles. The summed E-state index contributed by atoms with van der Waals surface area (Å²) in [5.41, 5.74) is 1.26. The van der Waals surface area contributed by atoms with Gasteiger partial charge in [-0.1, -0.05) is 12.8 Å². The molecule has 1 saturated carbocycles. The van der Waals surface area contributed by atoms with Gasteiger partial charge in [-0.25, -0.2) is 0 Å². The van der Waals surface area contributed by atoms with E-state index in [9.17, 15) is 0 Å². The van der Waals surface area contributed by atoms with Crippen LogP contribution in [-0.2, 0) is 7.05 Å². The molecule has 1 heterocycles. The quantitative estimate of drug-likeness (QED) is 0.723. The topological polar surface area (TPSA) is 17.8 Å². The molecule has 0 unspecified atom stereocenters. The van der Waals surface area contributed by atoms with Gasteiger partial charge in [0, 0.05) is 19.2 Å². The van der Waals surface area contributed by atoms with E-state index in [1.54, 1.807) is 0 Å². The third-order valence-electron chi connectivity index (χ3n) is 2.55. The Bertz CT molecular complexity index is 274. The minimum Gasteiger partial charge on any atom is -0.274 e. The van der Waals surface area contributed by atoms with Crippen LogP contribution >= 0.6 is 15.9 Å². The Labute approximate surface area is 81.1 Å². The van der Waals surface area contributed by atoms with Crippen LogP contribution in [0.3, 0.4) is 0 Å². The highest BCUT2D eigenvalue weighted by Gasteiger charge is 2.21. The maximum absolute atomic E-state index is 4.46. The van der Waals surface area contributed by atoms with Crippen LogP contribution < -0.4 is 0 Å². The van der Waals surface area contributed by atoms with Crippen molar-refractivity contribution in [2.45, 2.75) is 31.6 Å². The molecule has 1 aliphatic carbocycles. The molecule has 1 aliphatic rings. The lowest BCUT2D eigenvalue weighted by Gasteiger charge is -2.04. The SMILES string of the molecule is Cn1cc(Br)c(C2CCCC2)n1. The Morgan fingerprint density at radius 2 is 2.17 bits per heavy atom. The smallest absolute Gasteiger partial charge is 0.0797 e. The van der Waals surface area contributed by atoms with E-state index in [-0.39, 0.29) is 0 Å². The van der Waals surface area contributed by atoms with Crippen molar-refractivity contribution >= 4 is 15.9 Å². The number of hydrogen-bond donors (Lipinski definition) is 0. The third-order valence-corrected chi connectivity index (χ3v) is 3.16. The van der Waals surface area contributed by atoms with Gasteiger partial charge in [0.25, 0.3) is 0 Å². The van der Waals surface area contributed by atoms with Gasteiger partial charge in [-0.2, -0.15) is 5.10 Å². The maximum atomic E-state index is 4.46. The van der Waals surface area contributed by atoms with Gasteiger partial charge >= 0.3 is 0 Å². The first-order valence-electron chi connectivity index (χ1n) is 4.46. The summed E-state index contributed by atoms with van der Waals surface area (Å²) in [6.45, 7) is 0. The second-order valence-corrected chi connectivity index (χ2v) is 4.37. The van der Waals surface area contributed by atoms with Gasteiger partial charge in [-0.05, 0) is 28.8 Å². The highest BCUT2D eigenvalue weighted by molar-refractivity contribution is 9.10. The van der Waals surface area contributed by atoms with Crippen LogP contribution in [0.4, 0.5) is 0 Å². The largest absolute Gasteiger partial charge is 0.274 e. The average molecular weight is 229 g/mol. The van der Waals surface area contributed by atoms with Crippen molar-refractivity contribution in [1.82, 2.24) is 9.78 Å². The molecular weight excluding hydrogens is 216 g/mol. The van der Waals surface area contributed by atoms with Gasteiger partial charge in [0.15, 0.2) is 0 Å². The van der Waals surface area contributed by atoms with Gasteiger partial charge in [-0.3, -0.25) is 4.68 Å². The van der Waals surface area contributed by atoms with E-state index in [1.807, 2.05) is 17.9 Å². The van der Waals surface area contributed by atoms with Crippen LogP contribution in [-0.4, -0.2) is 9.78 Å². The Morgan fingerprint density at radius 3 is 2.67 bits per heavy atom. The second kappa shape index (κ2) is 3.21. The molecule has 0 aliphatic heterocycles. The number of aromatic nitrogens is 2. The molecule has 0 N–H and O–H groups in total. The molecule has 0 radical (unpaired) electrons. The van der Waals surface area contributed by atoms with Crippen molar-refractivity contribution in [3.05, 3.63) is 16.4 Å². The zero-order chi connectivity index (χ0) is 8.55. The fourth-order valence-electron chi connectivity index (χ4n) is 1.95. The molecule has 2 rings (SSSR count). The standard InChI is InChI=1S/C9H13BrN2/c1-12-6-8(10)9(11-12)7-4-2-3-5-7/h6-7H,2-5H2,1H3. The van der Waals surface area contributed by atoms with E-state index in [2.05, 4.69) is 21.0 Å². The molecule has 12 heavy (non-hydrogen) atoms. The minimum absolute atomic E-state index is 0.709. The summed E-state index contributed by atoms with van der Waals surface area (Å²) in [6.07, 6.45) is 7.40. The van der Waals surface area contributed by atoms with Gasteiger partial charge in [-0.15, -0.1) is 0 Å². The van der Waals surface area contributed by atoms with Crippen LogP contribution in [0, 0.1) is 0 Å². The van der Waals surface area contributed by atoms with E-state index in [0.29, 0.717) is 5.92 Å². The summed E-state index contributed by atoms with van der Waals surface area (Å²) in [5.74, 6) is 0.709. The predicted molar refractivity (Wildman–Crippen MR) is 52.1 cm³/mol. The molecule has 0 amide bonds. The van der Waals surface area contributed by atoms with E-state index < -0.39 is 0 Å². The van der Waals surface area contributed by atoms with Crippen molar-refractivity contribution in [1.29, 1.82) is 0 Å². The lowest BCUT2D eigenvalue weighted by molar-refractivity contribution is 0.656. The first-order chi connectivity index (χ1) is 5.77. The molecule has 0 spiro atoms. The van der Waals surface area contributed by atoms with Crippen LogP contribution in [0.5, 0.6) is 0 Å². The lowest BCUT2D eigenvalue weighted by atomic mass is 10.1. The summed E-state index contributed by atoms with van der Waals surface area (Å²) in [4.78, 5) is 0. The van der Waals surface area contributed by atoms with Crippen molar-refractivity contribution in [3.8, 4) is 0 Å². The molecule has 1 aromatic heterocycles. The van der Waals surface area contributed by atoms with E-state index in [0.717, 1.165) is 0 Å². The van der Waals surface area contributed by atoms with Crippen LogP contribution in [0.1, 0.15) is 37.3 Å². The molecular formula is C9H13BrN2. The van der Waals surface area contributed by atoms with Gasteiger partial charge in [0.1, 0.15) is 0 Å². The Kier molecular flexibility index (Phi) is 2.22. The fourth-order valence-corrected chi connectivity index (χ4v) is 2.65. The number of hydrogen-bond acceptors (Lipinski definition) is 1. The minimum atomic E-state index is 0.709. The molecule has 0 atom stereocenters. The predicted octanol–water partition coefficient (Wildman–Crippen LogP) is 2.84. The first-order valence-corrected chi connectivity index (χ1v) is 5.25. The summed E-state index contributed by atoms with van der Waals surface area (Å²) in [5, 5.41) is 4.46. The Hall–Kier alpha value is -0.310. The third kappa shape index (κ3) is 1.42. The summed E-state index contributed by atoms with van der Waals surface area (Å²) in [7, 11) is 1.98. The van der Waals surface area contributed by atoms with Crippen LogP contribution in [0.2, 0.25) is 0 Å². The maximum Gasteiger partial charge on any atom is 0.0797 e. The van der Waals surface area contributed by atoms with Gasteiger partial charge < -0.3 is 0 Å². The summed E-state index contributed by atoms with van der Waals surface area (Å²) < 4.78 is 3.06. The van der Waals surface area contributed by atoms with E-state index >= 15 is 0 Å². The average Bonchev–Trinajstić information content (AvgIpc) is 2.58. The summed E-state index contributed by atoms with van der Waals surface area (Å²) >= 11 is 3.54. The van der Waals surface area contributed by atoms with Crippen molar-refractivity contribution in [2.75, 3.05) is 0 Å². The highest BCUT2D eigenvalue weighted by Crippen LogP contribution is 2.36. The zero-order valence-corrected chi connectivity index (χ0v) is 8.84. The van der Waals surface area contributed by atoms with Gasteiger partial charge in [0.05, 0.1) is 10.2 Å². The Balaban J connectivity index is 2.25. The molecule has 3 heteroatoms. The first kappa shape index (κ1) is 8.30. The number of nitrogens with zero attached hydrogens (tertiary/aromatic N) is 2. The highest BCUT2D eigenvalue weighted by atomic mass is 79.9. The zero-order valence-electron chi connectivity index (χ0n) is 7.26. The Morgan fingerprint density at radius 1 is 1.50 bits per heavy atom. The molecule has 0 aromatic carbocycles. The monoisotopic (exact) mass is 228 g/mol. The molecule has 0 bridgehead atoms. The number of rotatable bonds is 1. The molecule has 66 valence electrons. The van der Waals surface area contributed by atoms with Gasteiger partial charge in [0.2, 0.25) is 0 Å². The van der Waals surface area contributed by atoms with E-state index in [1.165, 1.54) is 35.8 Å². The number of halogens is 1. The van der Waals surface area contributed by atoms with Crippen molar-refractivity contribution in [3.63, 3.8) is 0 Å². The van der Waals surface area contributed by atoms with Crippen LogP contribution in [0.25, 0.3) is 0 Å². The molecule has 2 nitrogen and oxygen atoms in total. The number of aryl methyl sites for hydroxylation is 1. The molecule has 1 fully saturated rings. The van der Waals surface area contributed by atoms with Crippen molar-refractivity contribution in [2.24, 2.45) is 7.05 Å². The summed E-state index contributed by atoms with van der Waals surface area (Å²) in [6, 6.07) is 0. The second-order valence-electron chi connectivity index (χ2n) is 3.52.